The second kappa shape index (κ2) is 8.58. The van der Waals surface area contributed by atoms with Gasteiger partial charge in [0.05, 0.1) is 25.6 Å². The number of likely N-dealkylation sites (N-methyl/N-ethyl adjacent to an activating group) is 1. The number of halogens is 1. The molecule has 0 heterocycles. The summed E-state index contributed by atoms with van der Waals surface area (Å²) in [6.07, 6.45) is 2.02. The molecule has 0 radical (unpaired) electrons. The second-order valence-corrected chi connectivity index (χ2v) is 7.68. The molecule has 3 rings (SSSR count). The second-order valence-electron chi connectivity index (χ2n) is 7.27. The highest BCUT2D eigenvalue weighted by Crippen LogP contribution is 2.31. The van der Waals surface area contributed by atoms with Crippen molar-refractivity contribution in [2.45, 2.75) is 24.9 Å². The normalized spacial score (nSPS) is 14.6. The van der Waals surface area contributed by atoms with Gasteiger partial charge in [-0.1, -0.05) is 29.8 Å². The number of hydrogen-bond donors (Lipinski definition) is 3. The molecular formula is C20H24ClN4O3+. The van der Waals surface area contributed by atoms with Gasteiger partial charge in [-0.3, -0.25) is 14.9 Å². The van der Waals surface area contributed by atoms with Crippen LogP contribution in [0.1, 0.15) is 34.8 Å². The third-order valence-corrected chi connectivity index (χ3v) is 5.18. The van der Waals surface area contributed by atoms with Gasteiger partial charge in [0.15, 0.2) is 0 Å². The molecule has 1 aliphatic rings. The number of quaternary nitrogens is 1. The van der Waals surface area contributed by atoms with Crippen LogP contribution in [0.5, 0.6) is 0 Å². The van der Waals surface area contributed by atoms with E-state index in [-0.39, 0.29) is 29.2 Å². The van der Waals surface area contributed by atoms with Gasteiger partial charge in [-0.2, -0.15) is 0 Å². The Hall–Kier alpha value is -2.64. The van der Waals surface area contributed by atoms with Crippen LogP contribution < -0.4 is 15.5 Å². The fourth-order valence-electron chi connectivity index (χ4n) is 3.07. The van der Waals surface area contributed by atoms with Crippen molar-refractivity contribution < 1.29 is 14.6 Å². The Labute approximate surface area is 168 Å². The van der Waals surface area contributed by atoms with Crippen LogP contribution in [-0.4, -0.2) is 37.5 Å². The van der Waals surface area contributed by atoms with Gasteiger partial charge in [-0.25, -0.2) is 0 Å². The van der Waals surface area contributed by atoms with Crippen LogP contribution in [0.15, 0.2) is 42.5 Å². The summed E-state index contributed by atoms with van der Waals surface area (Å²) in [4.78, 5) is 24.7. The summed E-state index contributed by atoms with van der Waals surface area (Å²) < 4.78 is 0. The van der Waals surface area contributed by atoms with E-state index in [0.717, 1.165) is 23.3 Å². The first-order chi connectivity index (χ1) is 13.4. The highest BCUT2D eigenvalue weighted by atomic mass is 35.5. The van der Waals surface area contributed by atoms with E-state index in [1.165, 1.54) is 6.07 Å². The van der Waals surface area contributed by atoms with Crippen molar-refractivity contribution in [3.05, 3.63) is 68.7 Å². The molecule has 3 N–H and O–H groups in total. The number of hydrogen-bond acceptors (Lipinski definition) is 4. The monoisotopic (exact) mass is 403 g/mol. The first-order valence-corrected chi connectivity index (χ1v) is 9.62. The molecule has 7 nitrogen and oxygen atoms in total. The van der Waals surface area contributed by atoms with Gasteiger partial charge in [0.2, 0.25) is 0 Å². The van der Waals surface area contributed by atoms with Gasteiger partial charge < -0.3 is 15.5 Å². The minimum atomic E-state index is -0.460. The molecule has 1 aliphatic carbocycles. The molecule has 148 valence electrons. The molecule has 0 unspecified atom stereocenters. The number of carbonyl (C=O) groups is 1. The Kier molecular flexibility index (Phi) is 6.16. The van der Waals surface area contributed by atoms with E-state index < -0.39 is 4.92 Å². The lowest BCUT2D eigenvalue weighted by Gasteiger charge is -2.23. The average molecular weight is 404 g/mol. The zero-order valence-electron chi connectivity index (χ0n) is 15.9. The van der Waals surface area contributed by atoms with Crippen LogP contribution in [0.25, 0.3) is 0 Å². The topological polar surface area (TPSA) is 88.7 Å². The molecular weight excluding hydrogens is 380 g/mol. The average Bonchev–Trinajstić information content (AvgIpc) is 3.47. The highest BCUT2D eigenvalue weighted by molar-refractivity contribution is 6.31. The molecule has 1 atom stereocenters. The highest BCUT2D eigenvalue weighted by Gasteiger charge is 2.26. The molecule has 0 saturated heterocycles. The summed E-state index contributed by atoms with van der Waals surface area (Å²) in [6.45, 7) is 0.362. The van der Waals surface area contributed by atoms with E-state index in [0.29, 0.717) is 17.3 Å². The Morgan fingerprint density at radius 1 is 1.29 bits per heavy atom. The predicted molar refractivity (Wildman–Crippen MR) is 109 cm³/mol. The van der Waals surface area contributed by atoms with Gasteiger partial charge in [0.25, 0.3) is 11.6 Å². The molecule has 2 aromatic carbocycles. The number of carbonyl (C=O) groups excluding carboxylic acids is 1. The van der Waals surface area contributed by atoms with Crippen LogP contribution in [0.4, 0.5) is 11.4 Å². The standard InChI is InChI=1S/C20H23ClN4O3/c1-24(2)19(15-5-3-4-6-16(15)21)12-22-20(26)13-7-10-17(23-14-8-9-14)18(11-13)25(27)28/h3-7,10-11,14,19,23H,8-9,12H2,1-2H3,(H,22,26)/p+1/t19-/m0/s1. The van der Waals surface area contributed by atoms with Crippen molar-refractivity contribution in [2.75, 3.05) is 26.0 Å². The lowest BCUT2D eigenvalue weighted by Crippen LogP contribution is -3.07. The fourth-order valence-corrected chi connectivity index (χ4v) is 3.34. The van der Waals surface area contributed by atoms with Crippen LogP contribution in [0.2, 0.25) is 5.02 Å². The van der Waals surface area contributed by atoms with E-state index >= 15 is 0 Å². The molecule has 1 fully saturated rings. The first-order valence-electron chi connectivity index (χ1n) is 9.24. The smallest absolute Gasteiger partial charge is 0.293 e. The first kappa shape index (κ1) is 20.1. The van der Waals surface area contributed by atoms with Gasteiger partial charge >= 0.3 is 0 Å². The summed E-state index contributed by atoms with van der Waals surface area (Å²) in [5.74, 6) is -0.348. The van der Waals surface area contributed by atoms with Crippen molar-refractivity contribution >= 4 is 28.9 Å². The van der Waals surface area contributed by atoms with Crippen molar-refractivity contribution in [3.63, 3.8) is 0 Å². The van der Waals surface area contributed by atoms with Crippen LogP contribution in [0, 0.1) is 10.1 Å². The number of nitro groups is 1. The van der Waals surface area contributed by atoms with Crippen molar-refractivity contribution in [1.82, 2.24) is 5.32 Å². The van der Waals surface area contributed by atoms with Gasteiger partial charge in [0.1, 0.15) is 11.7 Å². The molecule has 0 aromatic heterocycles. The SMILES string of the molecule is C[NH+](C)[C@@H](CNC(=O)c1ccc(NC2CC2)c([N+](=O)[O-])c1)c1ccccc1Cl. The number of anilines is 1. The number of amides is 1. The molecule has 0 bridgehead atoms. The van der Waals surface area contributed by atoms with Crippen molar-refractivity contribution in [3.8, 4) is 0 Å². The third kappa shape index (κ3) is 4.79. The van der Waals surface area contributed by atoms with E-state index in [2.05, 4.69) is 10.6 Å². The van der Waals surface area contributed by atoms with Crippen molar-refractivity contribution in [1.29, 1.82) is 0 Å². The Bertz CT molecular complexity index is 884. The summed E-state index contributed by atoms with van der Waals surface area (Å²) >= 11 is 6.31. The maximum atomic E-state index is 12.6. The van der Waals surface area contributed by atoms with Gasteiger partial charge in [0, 0.05) is 28.3 Å². The van der Waals surface area contributed by atoms with Crippen LogP contribution >= 0.6 is 11.6 Å². The van der Waals surface area contributed by atoms with E-state index in [4.69, 9.17) is 11.6 Å². The summed E-state index contributed by atoms with van der Waals surface area (Å²) in [5, 5.41) is 18.1. The molecule has 1 amide bonds. The fraction of sp³-hybridized carbons (Fsp3) is 0.350. The van der Waals surface area contributed by atoms with Gasteiger partial charge in [-0.15, -0.1) is 0 Å². The van der Waals surface area contributed by atoms with E-state index in [1.807, 2.05) is 38.4 Å². The lowest BCUT2D eigenvalue weighted by atomic mass is 10.1. The number of benzene rings is 2. The largest absolute Gasteiger partial charge is 0.377 e. The quantitative estimate of drug-likeness (QED) is 0.466. The Balaban J connectivity index is 1.73. The molecule has 2 aromatic rings. The van der Waals surface area contributed by atoms with Crippen molar-refractivity contribution in [2.24, 2.45) is 0 Å². The van der Waals surface area contributed by atoms with Crippen LogP contribution in [-0.2, 0) is 0 Å². The number of nitrogens with one attached hydrogen (secondary N) is 3. The van der Waals surface area contributed by atoms with E-state index in [9.17, 15) is 14.9 Å². The number of nitrogens with zero attached hydrogens (tertiary/aromatic N) is 1. The molecule has 0 aliphatic heterocycles. The summed E-state index contributed by atoms with van der Waals surface area (Å²) in [7, 11) is 3.98. The lowest BCUT2D eigenvalue weighted by molar-refractivity contribution is -0.890. The number of nitro benzene ring substituents is 1. The zero-order chi connectivity index (χ0) is 20.3. The predicted octanol–water partition coefficient (Wildman–Crippen LogP) is 2.44. The summed E-state index contributed by atoms with van der Waals surface area (Å²) in [6, 6.07) is 12.3. The van der Waals surface area contributed by atoms with Crippen LogP contribution in [0.3, 0.4) is 0 Å². The Morgan fingerprint density at radius 2 is 2.00 bits per heavy atom. The molecule has 8 heteroatoms. The zero-order valence-corrected chi connectivity index (χ0v) is 16.6. The maximum absolute atomic E-state index is 12.6. The summed E-state index contributed by atoms with van der Waals surface area (Å²) in [5.41, 5.74) is 1.58. The number of rotatable bonds is 8. The van der Waals surface area contributed by atoms with E-state index in [1.54, 1.807) is 12.1 Å². The third-order valence-electron chi connectivity index (χ3n) is 4.84. The molecule has 0 spiro atoms. The minimum Gasteiger partial charge on any atom is -0.377 e. The Morgan fingerprint density at radius 3 is 2.61 bits per heavy atom. The molecule has 28 heavy (non-hydrogen) atoms. The minimum absolute atomic E-state index is 0.0385. The van der Waals surface area contributed by atoms with Gasteiger partial charge in [-0.05, 0) is 31.0 Å². The molecule has 1 saturated carbocycles. The maximum Gasteiger partial charge on any atom is 0.293 e.